The number of nitrogens with one attached hydrogen (secondary N) is 1. The Labute approximate surface area is 172 Å². The van der Waals surface area contributed by atoms with Crippen LogP contribution in [0.5, 0.6) is 0 Å². The van der Waals surface area contributed by atoms with Crippen molar-refractivity contribution in [1.82, 2.24) is 4.90 Å². The van der Waals surface area contributed by atoms with Crippen LogP contribution < -0.4 is 5.32 Å². The highest BCUT2D eigenvalue weighted by atomic mass is 35.5. The summed E-state index contributed by atoms with van der Waals surface area (Å²) in [5, 5.41) is 4.93. The third-order valence-corrected chi connectivity index (χ3v) is 5.76. The van der Waals surface area contributed by atoms with E-state index in [1.807, 2.05) is 24.4 Å². The fourth-order valence-corrected chi connectivity index (χ4v) is 4.01. The minimum absolute atomic E-state index is 0.00354. The molecule has 0 unspecified atom stereocenters. The molecule has 2 heterocycles. The van der Waals surface area contributed by atoms with Gasteiger partial charge in [-0.3, -0.25) is 14.4 Å². The molecule has 0 radical (unpaired) electrons. The number of ether oxygens (including phenoxy) is 1. The maximum absolute atomic E-state index is 12.3. The molecule has 6 nitrogen and oxygen atoms in total. The summed E-state index contributed by atoms with van der Waals surface area (Å²) in [7, 11) is 0. The normalized spacial score (nSPS) is 14.6. The van der Waals surface area contributed by atoms with Gasteiger partial charge in [0.2, 0.25) is 0 Å². The molecular weight excluding hydrogens is 400 g/mol. The first kappa shape index (κ1) is 20.4. The maximum Gasteiger partial charge on any atom is 0.309 e. The number of hydrogen-bond donors (Lipinski definition) is 1. The molecule has 0 atom stereocenters. The molecule has 0 aliphatic carbocycles. The number of thiophene rings is 1. The molecule has 0 bridgehead atoms. The third kappa shape index (κ3) is 5.11. The van der Waals surface area contributed by atoms with Gasteiger partial charge in [0.05, 0.1) is 21.5 Å². The second kappa shape index (κ2) is 9.21. The van der Waals surface area contributed by atoms with E-state index in [1.165, 1.54) is 11.3 Å². The van der Waals surface area contributed by atoms with Crippen molar-refractivity contribution < 1.29 is 19.1 Å². The minimum Gasteiger partial charge on any atom is -0.455 e. The van der Waals surface area contributed by atoms with Crippen LogP contribution in [0.3, 0.4) is 0 Å². The van der Waals surface area contributed by atoms with Crippen LogP contribution in [-0.2, 0) is 14.3 Å². The highest BCUT2D eigenvalue weighted by Gasteiger charge is 2.29. The number of carbonyl (C=O) groups excluding carboxylic acids is 3. The third-order valence-electron chi connectivity index (χ3n) is 4.59. The van der Waals surface area contributed by atoms with E-state index < -0.39 is 11.9 Å². The van der Waals surface area contributed by atoms with Crippen LogP contribution in [0.4, 0.5) is 5.69 Å². The lowest BCUT2D eigenvalue weighted by Gasteiger charge is -2.30. The quantitative estimate of drug-likeness (QED) is 0.747. The van der Waals surface area contributed by atoms with Gasteiger partial charge in [-0.2, -0.15) is 0 Å². The second-order valence-electron chi connectivity index (χ2n) is 6.68. The van der Waals surface area contributed by atoms with Crippen LogP contribution in [0.2, 0.25) is 5.02 Å². The lowest BCUT2D eigenvalue weighted by atomic mass is 9.97. The number of benzene rings is 1. The summed E-state index contributed by atoms with van der Waals surface area (Å²) in [5.41, 5.74) is 1.46. The predicted octanol–water partition coefficient (Wildman–Crippen LogP) is 3.74. The minimum atomic E-state index is -0.440. The smallest absolute Gasteiger partial charge is 0.309 e. The number of carbonyl (C=O) groups is 3. The molecule has 28 heavy (non-hydrogen) atoms. The lowest BCUT2D eigenvalue weighted by Crippen LogP contribution is -2.40. The monoisotopic (exact) mass is 420 g/mol. The Balaban J connectivity index is 1.43. The van der Waals surface area contributed by atoms with Crippen molar-refractivity contribution in [1.29, 1.82) is 0 Å². The van der Waals surface area contributed by atoms with Gasteiger partial charge in [-0.05, 0) is 48.9 Å². The Hall–Kier alpha value is -2.38. The molecule has 1 aliphatic rings. The second-order valence-corrected chi connectivity index (χ2v) is 8.04. The molecule has 1 saturated heterocycles. The van der Waals surface area contributed by atoms with E-state index in [9.17, 15) is 14.4 Å². The molecule has 148 valence electrons. The number of hydrogen-bond acceptors (Lipinski definition) is 5. The first-order valence-corrected chi connectivity index (χ1v) is 10.2. The van der Waals surface area contributed by atoms with Gasteiger partial charge in [-0.15, -0.1) is 11.3 Å². The first-order chi connectivity index (χ1) is 13.4. The van der Waals surface area contributed by atoms with Crippen molar-refractivity contribution >= 4 is 46.4 Å². The summed E-state index contributed by atoms with van der Waals surface area (Å²) in [5.74, 6) is -1.16. The first-order valence-electron chi connectivity index (χ1n) is 8.99. The van der Waals surface area contributed by atoms with E-state index in [0.717, 1.165) is 5.56 Å². The van der Waals surface area contributed by atoms with Gasteiger partial charge in [0.25, 0.3) is 11.8 Å². The molecule has 1 aromatic heterocycles. The van der Waals surface area contributed by atoms with Gasteiger partial charge in [0.15, 0.2) is 6.61 Å². The number of esters is 1. The van der Waals surface area contributed by atoms with Crippen LogP contribution in [0.15, 0.2) is 35.7 Å². The molecule has 3 rings (SSSR count). The topological polar surface area (TPSA) is 75.7 Å². The molecule has 1 fully saturated rings. The lowest BCUT2D eigenvalue weighted by molar-refractivity contribution is -0.152. The number of aryl methyl sites for hydroxylation is 1. The summed E-state index contributed by atoms with van der Waals surface area (Å²) >= 11 is 7.49. The number of amides is 2. The molecule has 1 aliphatic heterocycles. The largest absolute Gasteiger partial charge is 0.455 e. The van der Waals surface area contributed by atoms with Crippen LogP contribution in [0, 0.1) is 12.8 Å². The van der Waals surface area contributed by atoms with Gasteiger partial charge in [0.1, 0.15) is 0 Å². The van der Waals surface area contributed by atoms with E-state index in [-0.39, 0.29) is 18.4 Å². The Bertz CT molecular complexity index is 861. The summed E-state index contributed by atoms with van der Waals surface area (Å²) in [6, 6.07) is 8.92. The molecule has 2 aromatic rings. The van der Waals surface area contributed by atoms with Crippen molar-refractivity contribution in [2.75, 3.05) is 25.0 Å². The maximum atomic E-state index is 12.3. The van der Waals surface area contributed by atoms with Crippen molar-refractivity contribution in [3.8, 4) is 0 Å². The van der Waals surface area contributed by atoms with Crippen molar-refractivity contribution in [3.05, 3.63) is 51.2 Å². The average Bonchev–Trinajstić information content (AvgIpc) is 3.22. The summed E-state index contributed by atoms with van der Waals surface area (Å²) < 4.78 is 5.15. The molecule has 0 spiro atoms. The summed E-state index contributed by atoms with van der Waals surface area (Å²) in [6.45, 7) is 2.54. The Morgan fingerprint density at radius 2 is 2.00 bits per heavy atom. The zero-order valence-electron chi connectivity index (χ0n) is 15.4. The number of rotatable bonds is 5. The van der Waals surface area contributed by atoms with Crippen molar-refractivity contribution in [3.63, 3.8) is 0 Å². The molecule has 1 N–H and O–H groups in total. The average molecular weight is 421 g/mol. The molecule has 2 amide bonds. The predicted molar refractivity (Wildman–Crippen MR) is 109 cm³/mol. The van der Waals surface area contributed by atoms with Crippen LogP contribution in [0.1, 0.15) is 28.1 Å². The summed E-state index contributed by atoms with van der Waals surface area (Å²) in [6.07, 6.45) is 1.06. The highest BCUT2D eigenvalue weighted by Crippen LogP contribution is 2.23. The number of likely N-dealkylation sites (tertiary alicyclic amines) is 1. The highest BCUT2D eigenvalue weighted by molar-refractivity contribution is 7.12. The van der Waals surface area contributed by atoms with Crippen molar-refractivity contribution in [2.24, 2.45) is 5.92 Å². The Morgan fingerprint density at radius 1 is 1.25 bits per heavy atom. The molecular formula is C20H21ClN2O4S. The SMILES string of the molecule is Cc1ccc(NC(=O)COC(=O)C2CCN(C(=O)c3cccs3)CC2)c(Cl)c1. The van der Waals surface area contributed by atoms with Gasteiger partial charge in [-0.25, -0.2) is 0 Å². The van der Waals surface area contributed by atoms with Crippen LogP contribution in [0.25, 0.3) is 0 Å². The van der Waals surface area contributed by atoms with Crippen LogP contribution in [-0.4, -0.2) is 42.4 Å². The number of piperidine rings is 1. The molecule has 1 aromatic carbocycles. The summed E-state index contributed by atoms with van der Waals surface area (Å²) in [4.78, 5) is 39.0. The van der Waals surface area contributed by atoms with E-state index in [4.69, 9.17) is 16.3 Å². The van der Waals surface area contributed by atoms with E-state index in [0.29, 0.717) is 41.5 Å². The number of halogens is 1. The number of nitrogens with zero attached hydrogens (tertiary/aromatic N) is 1. The van der Waals surface area contributed by atoms with Crippen LogP contribution >= 0.6 is 22.9 Å². The zero-order chi connectivity index (χ0) is 20.1. The fraction of sp³-hybridized carbons (Fsp3) is 0.350. The standard InChI is InChI=1S/C20H21ClN2O4S/c1-13-4-5-16(15(21)11-13)22-18(24)12-27-20(26)14-6-8-23(9-7-14)19(25)17-3-2-10-28-17/h2-5,10-11,14H,6-9,12H2,1H3,(H,22,24). The molecule has 8 heteroatoms. The van der Waals surface area contributed by atoms with Gasteiger partial charge in [0, 0.05) is 13.1 Å². The fourth-order valence-electron chi connectivity index (χ4n) is 3.04. The Kier molecular flexibility index (Phi) is 6.70. The van der Waals surface area contributed by atoms with E-state index in [2.05, 4.69) is 5.32 Å². The van der Waals surface area contributed by atoms with Gasteiger partial charge < -0.3 is 15.0 Å². The van der Waals surface area contributed by atoms with E-state index >= 15 is 0 Å². The van der Waals surface area contributed by atoms with Gasteiger partial charge >= 0.3 is 5.97 Å². The Morgan fingerprint density at radius 3 is 2.64 bits per heavy atom. The number of anilines is 1. The molecule has 0 saturated carbocycles. The van der Waals surface area contributed by atoms with Gasteiger partial charge in [-0.1, -0.05) is 23.7 Å². The van der Waals surface area contributed by atoms with E-state index in [1.54, 1.807) is 23.1 Å². The zero-order valence-corrected chi connectivity index (χ0v) is 17.0. The van der Waals surface area contributed by atoms with Crippen molar-refractivity contribution in [2.45, 2.75) is 19.8 Å².